The molecule has 0 atom stereocenters. The molecule has 0 bridgehead atoms. The van der Waals surface area contributed by atoms with Crippen molar-refractivity contribution in [2.45, 2.75) is 0 Å². The average Bonchev–Trinajstić information content (AvgIpc) is 2.75. The van der Waals surface area contributed by atoms with E-state index in [0.29, 0.717) is 22.2 Å². The van der Waals surface area contributed by atoms with Gasteiger partial charge in [-0.3, -0.25) is 4.40 Å². The average molecular weight is 283 g/mol. The SMILES string of the molecule is Fc1ccc(-c2nnc3cc(Cl)ncn23)cc1Cl. The van der Waals surface area contributed by atoms with Crippen molar-refractivity contribution in [1.29, 1.82) is 0 Å². The second-order valence-electron chi connectivity index (χ2n) is 3.59. The molecule has 0 unspecified atom stereocenters. The zero-order valence-electron chi connectivity index (χ0n) is 8.81. The van der Waals surface area contributed by atoms with Crippen LogP contribution in [0, 0.1) is 5.82 Å². The first kappa shape index (κ1) is 11.4. The maximum absolute atomic E-state index is 13.1. The van der Waals surface area contributed by atoms with Gasteiger partial charge < -0.3 is 0 Å². The zero-order valence-corrected chi connectivity index (χ0v) is 10.3. The van der Waals surface area contributed by atoms with Gasteiger partial charge in [0.25, 0.3) is 0 Å². The Kier molecular flexibility index (Phi) is 2.65. The fourth-order valence-electron chi connectivity index (χ4n) is 1.60. The molecule has 0 aliphatic carbocycles. The highest BCUT2D eigenvalue weighted by atomic mass is 35.5. The monoisotopic (exact) mass is 282 g/mol. The van der Waals surface area contributed by atoms with E-state index in [-0.39, 0.29) is 5.02 Å². The van der Waals surface area contributed by atoms with E-state index in [4.69, 9.17) is 23.2 Å². The van der Waals surface area contributed by atoms with Gasteiger partial charge in [-0.25, -0.2) is 9.37 Å². The number of hydrogen-bond acceptors (Lipinski definition) is 3. The lowest BCUT2D eigenvalue weighted by atomic mass is 10.2. The minimum atomic E-state index is -0.476. The van der Waals surface area contributed by atoms with Gasteiger partial charge in [0.1, 0.15) is 17.3 Å². The van der Waals surface area contributed by atoms with Crippen LogP contribution in [0.4, 0.5) is 4.39 Å². The van der Waals surface area contributed by atoms with Crippen LogP contribution in [0.1, 0.15) is 0 Å². The van der Waals surface area contributed by atoms with Crippen molar-refractivity contribution in [3.63, 3.8) is 0 Å². The lowest BCUT2D eigenvalue weighted by molar-refractivity contribution is 0.628. The van der Waals surface area contributed by atoms with E-state index in [1.165, 1.54) is 18.5 Å². The van der Waals surface area contributed by atoms with Crippen molar-refractivity contribution in [2.24, 2.45) is 0 Å². The van der Waals surface area contributed by atoms with Gasteiger partial charge in [-0.05, 0) is 18.2 Å². The topological polar surface area (TPSA) is 43.1 Å². The Bertz CT molecular complexity index is 741. The van der Waals surface area contributed by atoms with E-state index in [9.17, 15) is 4.39 Å². The summed E-state index contributed by atoms with van der Waals surface area (Å²) in [5.41, 5.74) is 1.21. The molecule has 0 spiro atoms. The Morgan fingerprint density at radius 1 is 1.11 bits per heavy atom. The first-order valence-corrected chi connectivity index (χ1v) is 5.72. The summed E-state index contributed by atoms with van der Waals surface area (Å²) in [4.78, 5) is 3.95. The van der Waals surface area contributed by atoms with E-state index >= 15 is 0 Å². The van der Waals surface area contributed by atoms with Crippen molar-refractivity contribution < 1.29 is 4.39 Å². The smallest absolute Gasteiger partial charge is 0.169 e. The highest BCUT2D eigenvalue weighted by Gasteiger charge is 2.10. The van der Waals surface area contributed by atoms with Gasteiger partial charge in [-0.1, -0.05) is 23.2 Å². The first-order valence-electron chi connectivity index (χ1n) is 4.97. The van der Waals surface area contributed by atoms with Gasteiger partial charge in [0, 0.05) is 11.6 Å². The third-order valence-corrected chi connectivity index (χ3v) is 2.94. The van der Waals surface area contributed by atoms with Crippen LogP contribution in [-0.2, 0) is 0 Å². The molecule has 0 aliphatic rings. The summed E-state index contributed by atoms with van der Waals surface area (Å²) in [6.07, 6.45) is 1.50. The van der Waals surface area contributed by atoms with Crippen LogP contribution in [0.5, 0.6) is 0 Å². The quantitative estimate of drug-likeness (QED) is 0.644. The Balaban J connectivity index is 2.22. The van der Waals surface area contributed by atoms with E-state index in [1.807, 2.05) is 0 Å². The van der Waals surface area contributed by atoms with Crippen molar-refractivity contribution in [1.82, 2.24) is 19.6 Å². The second kappa shape index (κ2) is 4.19. The highest BCUT2D eigenvalue weighted by Crippen LogP contribution is 2.24. The molecule has 7 heteroatoms. The molecule has 2 heterocycles. The van der Waals surface area contributed by atoms with Gasteiger partial charge >= 0.3 is 0 Å². The predicted octanol–water partition coefficient (Wildman–Crippen LogP) is 3.24. The van der Waals surface area contributed by atoms with Crippen molar-refractivity contribution in [2.75, 3.05) is 0 Å². The van der Waals surface area contributed by atoms with Crippen LogP contribution in [-0.4, -0.2) is 19.6 Å². The Labute approximate surface area is 111 Å². The maximum Gasteiger partial charge on any atom is 0.169 e. The molecular weight excluding hydrogens is 278 g/mol. The van der Waals surface area contributed by atoms with Gasteiger partial charge in [0.2, 0.25) is 0 Å². The lowest BCUT2D eigenvalue weighted by Crippen LogP contribution is -1.91. The molecule has 0 fully saturated rings. The first-order chi connectivity index (χ1) is 8.65. The fraction of sp³-hybridized carbons (Fsp3) is 0. The molecule has 4 nitrogen and oxygen atoms in total. The van der Waals surface area contributed by atoms with E-state index < -0.39 is 5.82 Å². The molecule has 2 aromatic heterocycles. The largest absolute Gasteiger partial charge is 0.265 e. The number of halogens is 3. The third kappa shape index (κ3) is 1.81. The van der Waals surface area contributed by atoms with E-state index in [0.717, 1.165) is 0 Å². The minimum Gasteiger partial charge on any atom is -0.265 e. The van der Waals surface area contributed by atoms with Crippen LogP contribution in [0.3, 0.4) is 0 Å². The number of hydrogen-bond donors (Lipinski definition) is 0. The summed E-state index contributed by atoms with van der Waals surface area (Å²) in [7, 11) is 0. The molecule has 0 saturated heterocycles. The van der Waals surface area contributed by atoms with Gasteiger partial charge in [0.05, 0.1) is 5.02 Å². The summed E-state index contributed by atoms with van der Waals surface area (Å²) < 4.78 is 14.8. The van der Waals surface area contributed by atoms with E-state index in [2.05, 4.69) is 15.2 Å². The molecule has 0 radical (unpaired) electrons. The van der Waals surface area contributed by atoms with Crippen molar-refractivity contribution >= 4 is 28.8 Å². The standard InChI is InChI=1S/C11H5Cl2FN4/c12-7-3-6(1-2-8(7)14)11-17-16-10-4-9(13)15-5-18(10)11/h1-5H. The summed E-state index contributed by atoms with van der Waals surface area (Å²) >= 11 is 11.5. The summed E-state index contributed by atoms with van der Waals surface area (Å²) in [5, 5.41) is 8.34. The molecule has 3 aromatic rings. The van der Waals surface area contributed by atoms with Crippen molar-refractivity contribution in [3.8, 4) is 11.4 Å². The van der Waals surface area contributed by atoms with Gasteiger partial charge in [-0.15, -0.1) is 10.2 Å². The molecule has 0 saturated carbocycles. The summed E-state index contributed by atoms with van der Waals surface area (Å²) in [5.74, 6) is 0.0477. The fourth-order valence-corrected chi connectivity index (χ4v) is 1.93. The minimum absolute atomic E-state index is 0.0335. The second-order valence-corrected chi connectivity index (χ2v) is 4.39. The third-order valence-electron chi connectivity index (χ3n) is 2.44. The molecule has 0 aliphatic heterocycles. The Morgan fingerprint density at radius 3 is 2.72 bits per heavy atom. The molecule has 1 aromatic carbocycles. The maximum atomic E-state index is 13.1. The summed E-state index contributed by atoms with van der Waals surface area (Å²) in [6.45, 7) is 0. The van der Waals surface area contributed by atoms with Gasteiger partial charge in [0.15, 0.2) is 11.5 Å². The van der Waals surface area contributed by atoms with Crippen LogP contribution in [0.25, 0.3) is 17.0 Å². The number of fused-ring (bicyclic) bond motifs is 1. The lowest BCUT2D eigenvalue weighted by Gasteiger charge is -2.01. The van der Waals surface area contributed by atoms with Crippen LogP contribution >= 0.6 is 23.2 Å². The normalized spacial score (nSPS) is 11.1. The van der Waals surface area contributed by atoms with Gasteiger partial charge in [-0.2, -0.15) is 0 Å². The Morgan fingerprint density at radius 2 is 1.94 bits per heavy atom. The highest BCUT2D eigenvalue weighted by molar-refractivity contribution is 6.31. The summed E-state index contributed by atoms with van der Waals surface area (Å²) in [6, 6.07) is 5.93. The van der Waals surface area contributed by atoms with Crippen LogP contribution < -0.4 is 0 Å². The van der Waals surface area contributed by atoms with Crippen LogP contribution in [0.15, 0.2) is 30.6 Å². The molecular formula is C11H5Cl2FN4. The molecule has 90 valence electrons. The number of rotatable bonds is 1. The van der Waals surface area contributed by atoms with Crippen molar-refractivity contribution in [3.05, 3.63) is 46.6 Å². The van der Waals surface area contributed by atoms with E-state index in [1.54, 1.807) is 16.5 Å². The number of aromatic nitrogens is 4. The molecule has 0 N–H and O–H groups in total. The Hall–Kier alpha value is -1.72. The van der Waals surface area contributed by atoms with Crippen LogP contribution in [0.2, 0.25) is 10.2 Å². The zero-order chi connectivity index (χ0) is 12.7. The number of nitrogens with zero attached hydrogens (tertiary/aromatic N) is 4. The molecule has 3 rings (SSSR count). The molecule has 18 heavy (non-hydrogen) atoms. The predicted molar refractivity (Wildman–Crippen MR) is 66.2 cm³/mol. The molecule has 0 amide bonds. The number of benzene rings is 1.